The van der Waals surface area contributed by atoms with E-state index in [-0.39, 0.29) is 12.4 Å². The molecule has 0 saturated heterocycles. The van der Waals surface area contributed by atoms with E-state index < -0.39 is 11.9 Å². The van der Waals surface area contributed by atoms with Crippen LogP contribution >= 0.6 is 0 Å². The third-order valence-electron chi connectivity index (χ3n) is 4.43. The molecule has 0 aliphatic heterocycles. The van der Waals surface area contributed by atoms with E-state index in [4.69, 9.17) is 19.0 Å². The zero-order chi connectivity index (χ0) is 29.6. The molecule has 0 unspecified atom stereocenters. The third-order valence-corrected chi connectivity index (χ3v) is 4.43. The molecular weight excluding hydrogens is 504 g/mol. The van der Waals surface area contributed by atoms with E-state index in [0.717, 1.165) is 23.1 Å². The Hall–Kier alpha value is -4.89. The van der Waals surface area contributed by atoms with Crippen molar-refractivity contribution in [2.45, 2.75) is 0 Å². The molecule has 9 nitrogen and oxygen atoms in total. The summed E-state index contributed by atoms with van der Waals surface area (Å²) in [5.41, 5.74) is 2.46. The first kappa shape index (κ1) is 34.1. The summed E-state index contributed by atoms with van der Waals surface area (Å²) in [5, 5.41) is 0. The van der Waals surface area contributed by atoms with Crippen molar-refractivity contribution in [2.24, 2.45) is 0 Å². The van der Waals surface area contributed by atoms with Gasteiger partial charge in [-0.15, -0.1) is 0 Å². The third kappa shape index (κ3) is 14.4. The SMILES string of the molecule is C=C(/C=C\C(=C)c1ccc(OC)cc1)OC(=O)c1ccc(OC)cc1.C=C(COC)C(=O)OC.C=COC=O. The van der Waals surface area contributed by atoms with Gasteiger partial charge in [-0.05, 0) is 53.6 Å². The Balaban J connectivity index is 0.000000852. The minimum absolute atomic E-state index is 0.229. The second kappa shape index (κ2) is 20.2. The molecule has 0 aliphatic carbocycles. The minimum atomic E-state index is -0.479. The maximum Gasteiger partial charge on any atom is 0.343 e. The number of esters is 2. The zero-order valence-corrected chi connectivity index (χ0v) is 22.6. The molecule has 2 rings (SSSR count). The molecule has 2 aromatic rings. The van der Waals surface area contributed by atoms with Gasteiger partial charge in [-0.1, -0.05) is 44.5 Å². The number of allylic oxidation sites excluding steroid dienone is 3. The Morgan fingerprint density at radius 1 is 0.795 bits per heavy atom. The van der Waals surface area contributed by atoms with E-state index in [9.17, 15) is 9.59 Å². The quantitative estimate of drug-likeness (QED) is 0.0887. The van der Waals surface area contributed by atoms with E-state index in [1.807, 2.05) is 24.3 Å². The number of hydrogen-bond acceptors (Lipinski definition) is 9. The minimum Gasteiger partial charge on any atom is -0.497 e. The van der Waals surface area contributed by atoms with Gasteiger partial charge in [-0.3, -0.25) is 4.79 Å². The second-order valence-corrected chi connectivity index (χ2v) is 7.10. The van der Waals surface area contributed by atoms with Crippen molar-refractivity contribution in [1.29, 1.82) is 0 Å². The van der Waals surface area contributed by atoms with Crippen molar-refractivity contribution in [3.8, 4) is 11.5 Å². The molecule has 0 spiro atoms. The standard InChI is InChI=1S/C21H20O4.C6H10O3.C3H4O2/c1-15(17-7-11-19(23-3)12-8-17)5-6-16(2)25-21(22)18-9-13-20(24-4)14-10-18;1-5(4-8-2)6(7)9-3;1-2-5-3-4/h5-14H,1-2H2,3-4H3;1,4H2,2-3H3;2-3H,1H2/b6-5-;;. The van der Waals surface area contributed by atoms with E-state index in [2.05, 4.69) is 40.5 Å². The maximum atomic E-state index is 12.0. The van der Waals surface area contributed by atoms with Gasteiger partial charge in [0.2, 0.25) is 0 Å². The lowest BCUT2D eigenvalue weighted by Gasteiger charge is -2.06. The number of methoxy groups -OCH3 is 4. The molecule has 0 aliphatic rings. The molecule has 9 heteroatoms. The summed E-state index contributed by atoms with van der Waals surface area (Å²) in [6, 6.07) is 14.2. The number of carbonyl (C=O) groups excluding carboxylic acids is 3. The van der Waals surface area contributed by atoms with Crippen LogP contribution in [-0.2, 0) is 28.5 Å². The second-order valence-electron chi connectivity index (χ2n) is 7.10. The van der Waals surface area contributed by atoms with Crippen LogP contribution in [0, 0.1) is 0 Å². The van der Waals surface area contributed by atoms with Gasteiger partial charge in [-0.2, -0.15) is 0 Å². The number of benzene rings is 2. The van der Waals surface area contributed by atoms with Crippen LogP contribution in [-0.4, -0.2) is 53.5 Å². The number of hydrogen-bond donors (Lipinski definition) is 0. The predicted octanol–water partition coefficient (Wildman–Crippen LogP) is 5.31. The van der Waals surface area contributed by atoms with Gasteiger partial charge in [-0.25, -0.2) is 9.59 Å². The topological polar surface area (TPSA) is 107 Å². The van der Waals surface area contributed by atoms with Gasteiger partial charge < -0.3 is 28.4 Å². The molecule has 39 heavy (non-hydrogen) atoms. The van der Waals surface area contributed by atoms with Gasteiger partial charge in [0.1, 0.15) is 17.3 Å². The highest BCUT2D eigenvalue weighted by atomic mass is 16.5. The van der Waals surface area contributed by atoms with Gasteiger partial charge in [0.25, 0.3) is 6.47 Å². The van der Waals surface area contributed by atoms with Crippen molar-refractivity contribution < 1.29 is 42.8 Å². The largest absolute Gasteiger partial charge is 0.497 e. The summed E-state index contributed by atoms with van der Waals surface area (Å²) in [6.45, 7) is 14.8. The number of rotatable bonds is 12. The predicted molar refractivity (Wildman–Crippen MR) is 149 cm³/mol. The highest BCUT2D eigenvalue weighted by Gasteiger charge is 2.08. The van der Waals surface area contributed by atoms with Crippen LogP contribution in [0.4, 0.5) is 0 Å². The Labute approximate surface area is 229 Å². The lowest BCUT2D eigenvalue weighted by molar-refractivity contribution is -0.136. The summed E-state index contributed by atoms with van der Waals surface area (Å²) >= 11 is 0. The molecule has 0 amide bonds. The fraction of sp³-hybridized carbons (Fsp3) is 0.167. The fourth-order valence-electron chi connectivity index (χ4n) is 2.45. The lowest BCUT2D eigenvalue weighted by Crippen LogP contribution is -2.07. The molecule has 0 atom stereocenters. The van der Waals surface area contributed by atoms with Crippen LogP contribution in [0.15, 0.2) is 105 Å². The molecule has 0 radical (unpaired) electrons. The molecule has 0 heterocycles. The fourth-order valence-corrected chi connectivity index (χ4v) is 2.45. The average Bonchev–Trinajstić information content (AvgIpc) is 2.96. The normalized spacial score (nSPS) is 9.33. The summed E-state index contributed by atoms with van der Waals surface area (Å²) in [4.78, 5) is 31.7. The first-order valence-corrected chi connectivity index (χ1v) is 11.2. The Bertz CT molecular complexity index is 1120. The van der Waals surface area contributed by atoms with Crippen LogP contribution in [0.25, 0.3) is 5.57 Å². The highest BCUT2D eigenvalue weighted by molar-refractivity contribution is 5.90. The maximum absolute atomic E-state index is 12.0. The van der Waals surface area contributed by atoms with E-state index >= 15 is 0 Å². The Morgan fingerprint density at radius 3 is 1.69 bits per heavy atom. The van der Waals surface area contributed by atoms with Crippen LogP contribution in [0.5, 0.6) is 11.5 Å². The first-order valence-electron chi connectivity index (χ1n) is 11.2. The summed E-state index contributed by atoms with van der Waals surface area (Å²) in [6.07, 6.45) is 4.41. The smallest absolute Gasteiger partial charge is 0.343 e. The number of carbonyl (C=O) groups is 3. The Morgan fingerprint density at radius 2 is 1.31 bits per heavy atom. The van der Waals surface area contributed by atoms with Crippen LogP contribution in [0.2, 0.25) is 0 Å². The summed E-state index contributed by atoms with van der Waals surface area (Å²) < 4.78 is 28.3. The van der Waals surface area contributed by atoms with Gasteiger partial charge in [0, 0.05) is 7.11 Å². The first-order chi connectivity index (χ1) is 18.7. The molecule has 208 valence electrons. The lowest BCUT2D eigenvalue weighted by atomic mass is 10.1. The van der Waals surface area contributed by atoms with Crippen molar-refractivity contribution in [2.75, 3.05) is 35.0 Å². The molecule has 0 fully saturated rings. The number of ether oxygens (including phenoxy) is 6. The molecular formula is C30H34O9. The van der Waals surface area contributed by atoms with Crippen molar-refractivity contribution >= 4 is 24.0 Å². The molecule has 0 saturated carbocycles. The summed E-state index contributed by atoms with van der Waals surface area (Å²) in [5.74, 6) is 0.782. The molecule has 0 N–H and O–H groups in total. The molecule has 0 bridgehead atoms. The monoisotopic (exact) mass is 538 g/mol. The highest BCUT2D eigenvalue weighted by Crippen LogP contribution is 2.19. The van der Waals surface area contributed by atoms with Crippen LogP contribution in [0.3, 0.4) is 0 Å². The van der Waals surface area contributed by atoms with Gasteiger partial charge in [0.15, 0.2) is 0 Å². The Kier molecular flexibility index (Phi) is 17.7. The average molecular weight is 539 g/mol. The van der Waals surface area contributed by atoms with Gasteiger partial charge in [0.05, 0.1) is 45.3 Å². The molecule has 2 aromatic carbocycles. The van der Waals surface area contributed by atoms with Crippen molar-refractivity contribution in [3.05, 3.63) is 116 Å². The summed E-state index contributed by atoms with van der Waals surface area (Å²) in [7, 11) is 5.98. The van der Waals surface area contributed by atoms with Crippen LogP contribution in [0.1, 0.15) is 15.9 Å². The zero-order valence-electron chi connectivity index (χ0n) is 22.6. The van der Waals surface area contributed by atoms with E-state index in [1.54, 1.807) is 50.6 Å². The molecule has 0 aromatic heterocycles. The van der Waals surface area contributed by atoms with Crippen molar-refractivity contribution in [1.82, 2.24) is 0 Å². The van der Waals surface area contributed by atoms with E-state index in [1.165, 1.54) is 14.2 Å². The van der Waals surface area contributed by atoms with Crippen molar-refractivity contribution in [3.63, 3.8) is 0 Å². The van der Waals surface area contributed by atoms with E-state index in [0.29, 0.717) is 23.4 Å². The van der Waals surface area contributed by atoms with Crippen LogP contribution < -0.4 is 9.47 Å². The van der Waals surface area contributed by atoms with Gasteiger partial charge >= 0.3 is 11.9 Å².